The molecular weight excluding hydrogens is 548 g/mol. The number of hydrogen-bond acceptors (Lipinski definition) is 10. The fourth-order valence-electron chi connectivity index (χ4n) is 4.57. The van der Waals surface area contributed by atoms with E-state index in [-0.39, 0.29) is 47.2 Å². The van der Waals surface area contributed by atoms with Crippen molar-refractivity contribution in [3.8, 4) is 17.2 Å². The SMILES string of the molecule is CCOC(=O)N1[C@H]2C=C[C@](OC)(C(=O)c3c2cc(OC)c(OC)c3OC(=O)c2ccc(Cl)cc2)N1C(=O)OCC. The van der Waals surface area contributed by atoms with Crippen molar-refractivity contribution in [1.82, 2.24) is 10.0 Å². The molecule has 0 aromatic heterocycles. The first-order valence-electron chi connectivity index (χ1n) is 12.2. The van der Waals surface area contributed by atoms with Gasteiger partial charge in [0.15, 0.2) is 11.5 Å². The number of esters is 1. The molecule has 0 radical (unpaired) electrons. The van der Waals surface area contributed by atoms with Crippen LogP contribution in [0.3, 0.4) is 0 Å². The highest BCUT2D eigenvalue weighted by Gasteiger charge is 2.60. The van der Waals surface area contributed by atoms with Gasteiger partial charge in [-0.1, -0.05) is 17.7 Å². The maximum absolute atomic E-state index is 14.4. The van der Waals surface area contributed by atoms with Gasteiger partial charge in [0.25, 0.3) is 0 Å². The van der Waals surface area contributed by atoms with Gasteiger partial charge in [-0.15, -0.1) is 0 Å². The van der Waals surface area contributed by atoms with Crippen molar-refractivity contribution in [3.05, 3.63) is 64.2 Å². The summed E-state index contributed by atoms with van der Waals surface area (Å²) in [5.41, 5.74) is -2.12. The van der Waals surface area contributed by atoms with E-state index in [1.165, 1.54) is 63.8 Å². The summed E-state index contributed by atoms with van der Waals surface area (Å²) in [5.74, 6) is -1.96. The van der Waals surface area contributed by atoms with Gasteiger partial charge in [0, 0.05) is 12.1 Å². The van der Waals surface area contributed by atoms with Crippen LogP contribution >= 0.6 is 11.6 Å². The smallest absolute Gasteiger partial charge is 0.432 e. The van der Waals surface area contributed by atoms with Crippen molar-refractivity contribution in [3.63, 3.8) is 0 Å². The van der Waals surface area contributed by atoms with Gasteiger partial charge in [-0.25, -0.2) is 14.4 Å². The molecule has 2 aliphatic heterocycles. The average molecular weight is 575 g/mol. The number of fused-ring (bicyclic) bond motifs is 1. The first-order chi connectivity index (χ1) is 19.2. The number of hydrogen-bond donors (Lipinski definition) is 0. The lowest BCUT2D eigenvalue weighted by Crippen LogP contribution is -2.66. The Labute approximate surface area is 234 Å². The van der Waals surface area contributed by atoms with Crippen molar-refractivity contribution in [2.45, 2.75) is 25.6 Å². The van der Waals surface area contributed by atoms with Gasteiger partial charge in [-0.05, 0) is 55.8 Å². The van der Waals surface area contributed by atoms with E-state index in [9.17, 15) is 19.2 Å². The summed E-state index contributed by atoms with van der Waals surface area (Å²) in [6.45, 7) is 3.07. The van der Waals surface area contributed by atoms with E-state index in [1.54, 1.807) is 13.8 Å². The summed E-state index contributed by atoms with van der Waals surface area (Å²) in [6.07, 6.45) is 0.820. The van der Waals surface area contributed by atoms with Gasteiger partial charge in [-0.2, -0.15) is 10.0 Å². The molecule has 3 aliphatic rings. The number of halogens is 1. The largest absolute Gasteiger partial charge is 0.493 e. The number of benzene rings is 2. The Balaban J connectivity index is 2.01. The van der Waals surface area contributed by atoms with Gasteiger partial charge >= 0.3 is 18.2 Å². The van der Waals surface area contributed by atoms with Crippen LogP contribution in [0.2, 0.25) is 5.02 Å². The summed E-state index contributed by atoms with van der Waals surface area (Å²) < 4.78 is 32.9. The van der Waals surface area contributed by atoms with Gasteiger partial charge in [-0.3, -0.25) is 4.79 Å². The van der Waals surface area contributed by atoms with Gasteiger partial charge in [0.1, 0.15) is 6.04 Å². The number of carbonyl (C=O) groups is 4. The summed E-state index contributed by atoms with van der Waals surface area (Å²) in [5, 5.41) is 2.08. The molecule has 0 N–H and O–H groups in total. The molecule has 1 aliphatic carbocycles. The van der Waals surface area contributed by atoms with Crippen LogP contribution in [0.4, 0.5) is 9.59 Å². The summed E-state index contributed by atoms with van der Waals surface area (Å²) in [4.78, 5) is 54.2. The van der Waals surface area contributed by atoms with E-state index in [2.05, 4.69) is 0 Å². The second-order valence-electron chi connectivity index (χ2n) is 8.39. The fraction of sp³-hybridized carbons (Fsp3) is 0.333. The van der Waals surface area contributed by atoms with E-state index in [0.717, 1.165) is 10.0 Å². The molecule has 13 heteroatoms. The third kappa shape index (κ3) is 4.58. The molecule has 2 atom stereocenters. The van der Waals surface area contributed by atoms with Gasteiger partial charge < -0.3 is 28.4 Å². The van der Waals surface area contributed by atoms with Crippen LogP contribution in [0.1, 0.15) is 46.2 Å². The summed E-state index contributed by atoms with van der Waals surface area (Å²) in [7, 11) is 3.84. The molecule has 0 saturated heterocycles. The Morgan fingerprint density at radius 2 is 1.60 bits per heavy atom. The molecule has 212 valence electrons. The number of amides is 2. The number of methoxy groups -OCH3 is 3. The first-order valence-corrected chi connectivity index (χ1v) is 12.6. The van der Waals surface area contributed by atoms with E-state index in [1.807, 2.05) is 0 Å². The Morgan fingerprint density at radius 1 is 0.950 bits per heavy atom. The van der Waals surface area contributed by atoms with Crippen molar-refractivity contribution in [2.75, 3.05) is 34.5 Å². The van der Waals surface area contributed by atoms with Crippen molar-refractivity contribution >= 4 is 35.5 Å². The molecule has 2 amide bonds. The number of hydrazine groups is 1. The fourth-order valence-corrected chi connectivity index (χ4v) is 4.69. The van der Waals surface area contributed by atoms with E-state index in [0.29, 0.717) is 5.02 Å². The molecular formula is C27H27ClN2O10. The predicted octanol–water partition coefficient (Wildman–Crippen LogP) is 4.56. The minimum Gasteiger partial charge on any atom is -0.493 e. The lowest BCUT2D eigenvalue weighted by molar-refractivity contribution is -0.158. The third-order valence-electron chi connectivity index (χ3n) is 6.31. The van der Waals surface area contributed by atoms with Gasteiger partial charge in [0.05, 0.1) is 38.6 Å². The minimum atomic E-state index is -2.22. The maximum atomic E-state index is 14.4. The molecule has 5 rings (SSSR count). The molecule has 40 heavy (non-hydrogen) atoms. The van der Waals surface area contributed by atoms with Crippen molar-refractivity contribution in [2.24, 2.45) is 0 Å². The molecule has 0 saturated carbocycles. The Bertz CT molecular complexity index is 1380. The lowest BCUT2D eigenvalue weighted by Gasteiger charge is -2.46. The van der Waals surface area contributed by atoms with Crippen LogP contribution in [-0.2, 0) is 14.2 Å². The maximum Gasteiger partial charge on any atom is 0.432 e. The normalized spacial score (nSPS) is 19.1. The second-order valence-corrected chi connectivity index (χ2v) is 8.83. The highest BCUT2D eigenvalue weighted by atomic mass is 35.5. The summed E-state index contributed by atoms with van der Waals surface area (Å²) >= 11 is 5.95. The Hall–Kier alpha value is -4.29. The van der Waals surface area contributed by atoms with Crippen molar-refractivity contribution < 1.29 is 47.6 Å². The number of carbonyl (C=O) groups excluding carboxylic acids is 4. The van der Waals surface area contributed by atoms with Gasteiger partial charge in [0.2, 0.25) is 17.3 Å². The Kier molecular flexibility index (Phi) is 8.21. The van der Waals surface area contributed by atoms with E-state index in [4.69, 9.17) is 40.0 Å². The first kappa shape index (κ1) is 28.7. The quantitative estimate of drug-likeness (QED) is 0.263. The molecule has 0 fully saturated rings. The average Bonchev–Trinajstić information content (AvgIpc) is 3.12. The summed E-state index contributed by atoms with van der Waals surface area (Å²) in [6, 6.07) is 6.25. The molecule has 2 aromatic carbocycles. The van der Waals surface area contributed by atoms with E-state index >= 15 is 0 Å². The molecule has 2 heterocycles. The van der Waals surface area contributed by atoms with Crippen LogP contribution in [0.25, 0.3) is 0 Å². The molecule has 0 spiro atoms. The number of Topliss-reactive ketones (excluding diaryl/α,β-unsaturated/α-hetero) is 1. The zero-order valence-corrected chi connectivity index (χ0v) is 23.1. The monoisotopic (exact) mass is 574 g/mol. The highest BCUT2D eigenvalue weighted by Crippen LogP contribution is 2.52. The zero-order chi connectivity index (χ0) is 29.2. The molecule has 12 nitrogen and oxygen atoms in total. The number of ether oxygens (including phenoxy) is 6. The van der Waals surface area contributed by atoms with Crippen LogP contribution in [0.15, 0.2) is 42.5 Å². The number of nitrogens with zero attached hydrogens (tertiary/aromatic N) is 2. The number of rotatable bonds is 7. The van der Waals surface area contributed by atoms with Crippen LogP contribution in [0, 0.1) is 0 Å². The third-order valence-corrected chi connectivity index (χ3v) is 6.56. The standard InChI is InChI=1S/C27H27ClN2O10/c1-6-38-25(33)29-18-12-13-27(37-5,30(29)26(34)39-7-2)23(31)20-17(18)14-19(35-3)21(36-4)22(20)40-24(32)15-8-10-16(28)11-9-15/h8-14,18H,6-7H2,1-5H3/t18-,27-/m0/s1. The lowest BCUT2D eigenvalue weighted by atomic mass is 9.95. The number of ketones is 1. The molecule has 2 bridgehead atoms. The topological polar surface area (TPSA) is 130 Å². The molecule has 2 aromatic rings. The zero-order valence-electron chi connectivity index (χ0n) is 22.4. The van der Waals surface area contributed by atoms with Crippen LogP contribution in [0.5, 0.6) is 17.2 Å². The van der Waals surface area contributed by atoms with E-state index < -0.39 is 35.7 Å². The van der Waals surface area contributed by atoms with Crippen molar-refractivity contribution in [1.29, 1.82) is 0 Å². The Morgan fingerprint density at radius 3 is 2.17 bits per heavy atom. The van der Waals surface area contributed by atoms with Crippen LogP contribution in [-0.4, -0.2) is 74.2 Å². The minimum absolute atomic E-state index is 0.0287. The predicted molar refractivity (Wildman–Crippen MR) is 140 cm³/mol. The second kappa shape index (κ2) is 11.4. The molecule has 0 unspecified atom stereocenters. The highest BCUT2D eigenvalue weighted by molar-refractivity contribution is 6.30. The van der Waals surface area contributed by atoms with Crippen LogP contribution < -0.4 is 14.2 Å².